The first kappa shape index (κ1) is 23.3. The summed E-state index contributed by atoms with van der Waals surface area (Å²) in [6, 6.07) is -0.793. The number of allylic oxidation sites excluding steroid dienone is 2. The minimum Gasteiger partial charge on any atom is -0.409 e. The Morgan fingerprint density at radius 2 is 2.18 bits per heavy atom. The molecule has 1 aliphatic rings. The Morgan fingerprint density at radius 1 is 1.46 bits per heavy atom. The largest absolute Gasteiger partial charge is 0.409 e. The fraction of sp³-hybridized carbons (Fsp3) is 0.556. The quantitative estimate of drug-likeness (QED) is 0.0981. The van der Waals surface area contributed by atoms with Gasteiger partial charge in [0.15, 0.2) is 5.84 Å². The molecular formula is C18H27FN4O5. The molecule has 1 rings (SSSR count). The van der Waals surface area contributed by atoms with Gasteiger partial charge in [0.25, 0.3) is 0 Å². The van der Waals surface area contributed by atoms with Crippen molar-refractivity contribution in [2.24, 2.45) is 11.1 Å². The lowest BCUT2D eigenvalue weighted by molar-refractivity contribution is -0.158. The van der Waals surface area contributed by atoms with Gasteiger partial charge >= 0.3 is 0 Å². The molecule has 9 nitrogen and oxygen atoms in total. The Kier molecular flexibility index (Phi) is 9.86. The predicted molar refractivity (Wildman–Crippen MR) is 99.1 cm³/mol. The first-order chi connectivity index (χ1) is 13.3. The van der Waals surface area contributed by atoms with Gasteiger partial charge in [-0.05, 0) is 31.4 Å². The molecule has 10 heteroatoms. The maximum atomic E-state index is 12.9. The van der Waals surface area contributed by atoms with Crippen LogP contribution in [0.4, 0.5) is 4.39 Å². The van der Waals surface area contributed by atoms with E-state index in [0.717, 1.165) is 25.0 Å². The van der Waals surface area contributed by atoms with Crippen molar-refractivity contribution in [3.05, 3.63) is 24.6 Å². The molecule has 1 saturated heterocycles. The molecule has 0 aliphatic carbocycles. The molecule has 28 heavy (non-hydrogen) atoms. The highest BCUT2D eigenvalue weighted by molar-refractivity contribution is 6.06. The predicted octanol–water partition coefficient (Wildman–Crippen LogP) is 1.57. The van der Waals surface area contributed by atoms with Crippen LogP contribution in [-0.4, -0.2) is 63.6 Å². The van der Waals surface area contributed by atoms with Gasteiger partial charge in [0, 0.05) is 6.54 Å². The highest BCUT2D eigenvalue weighted by Crippen LogP contribution is 2.23. The number of nitrogens with one attached hydrogen (secondary N) is 1. The van der Waals surface area contributed by atoms with Crippen molar-refractivity contribution in [2.45, 2.75) is 45.1 Å². The summed E-state index contributed by atoms with van der Waals surface area (Å²) in [4.78, 5) is 37.6. The number of rotatable bonds is 10. The Labute approximate surface area is 163 Å². The van der Waals surface area contributed by atoms with Crippen LogP contribution in [-0.2, 0) is 14.4 Å². The first-order valence-electron chi connectivity index (χ1n) is 9.10. The summed E-state index contributed by atoms with van der Waals surface area (Å²) < 4.78 is 12.7. The van der Waals surface area contributed by atoms with Crippen LogP contribution in [0, 0.1) is 5.92 Å². The van der Waals surface area contributed by atoms with Gasteiger partial charge in [-0.1, -0.05) is 31.5 Å². The zero-order valence-electron chi connectivity index (χ0n) is 15.9. The molecule has 1 heterocycles. The molecule has 0 aromatic heterocycles. The van der Waals surface area contributed by atoms with Crippen LogP contribution in [0.5, 0.6) is 0 Å². The molecule has 0 radical (unpaired) electrons. The molecule has 0 aromatic rings. The molecule has 0 bridgehead atoms. The Hall–Kier alpha value is -2.75. The van der Waals surface area contributed by atoms with Gasteiger partial charge in [0.1, 0.15) is 11.9 Å². The monoisotopic (exact) mass is 398 g/mol. The number of unbranched alkanes of at least 4 members (excludes halogenated alkanes) is 1. The summed E-state index contributed by atoms with van der Waals surface area (Å²) in [6.45, 7) is 5.18. The van der Waals surface area contributed by atoms with Crippen LogP contribution in [0.25, 0.3) is 0 Å². The van der Waals surface area contributed by atoms with Crippen LogP contribution in [0.15, 0.2) is 29.7 Å². The van der Waals surface area contributed by atoms with E-state index in [1.165, 1.54) is 4.90 Å². The van der Waals surface area contributed by atoms with Crippen LogP contribution in [0.3, 0.4) is 0 Å². The van der Waals surface area contributed by atoms with Crippen LogP contribution in [0.1, 0.15) is 39.0 Å². The van der Waals surface area contributed by atoms with Gasteiger partial charge in [-0.15, -0.1) is 0 Å². The Morgan fingerprint density at radius 3 is 2.75 bits per heavy atom. The normalized spacial score (nSPS) is 18.2. The van der Waals surface area contributed by atoms with E-state index in [-0.39, 0.29) is 24.7 Å². The average Bonchev–Trinajstić information content (AvgIpc) is 3.17. The highest BCUT2D eigenvalue weighted by atomic mass is 19.1. The summed E-state index contributed by atoms with van der Waals surface area (Å²) in [6.07, 6.45) is 5.24. The van der Waals surface area contributed by atoms with E-state index in [1.54, 1.807) is 0 Å². The van der Waals surface area contributed by atoms with Gasteiger partial charge in [-0.3, -0.25) is 19.6 Å². The van der Waals surface area contributed by atoms with Crippen LogP contribution >= 0.6 is 0 Å². The third-order valence-electron chi connectivity index (χ3n) is 4.40. The number of likely N-dealkylation sites (tertiary alicyclic amines) is 1. The van der Waals surface area contributed by atoms with Crippen molar-refractivity contribution in [1.29, 1.82) is 0 Å². The number of amides is 3. The van der Waals surface area contributed by atoms with E-state index in [1.807, 2.05) is 6.92 Å². The summed E-state index contributed by atoms with van der Waals surface area (Å²) in [5, 5.41) is 24.1. The number of amidine groups is 1. The fourth-order valence-corrected chi connectivity index (χ4v) is 3.03. The zero-order chi connectivity index (χ0) is 21.1. The summed E-state index contributed by atoms with van der Waals surface area (Å²) in [7, 11) is 0. The number of hydrogen-bond donors (Lipinski definition) is 3. The smallest absolute Gasteiger partial charge is 0.248 e. The van der Waals surface area contributed by atoms with Crippen molar-refractivity contribution in [3.63, 3.8) is 0 Å². The Bertz CT molecular complexity index is 637. The maximum Gasteiger partial charge on any atom is 0.248 e. The van der Waals surface area contributed by atoms with Crippen molar-refractivity contribution in [1.82, 2.24) is 15.3 Å². The second-order valence-electron chi connectivity index (χ2n) is 6.51. The first-order valence-corrected chi connectivity index (χ1v) is 9.10. The number of halogens is 1. The lowest BCUT2D eigenvalue weighted by atomic mass is 9.99. The molecule has 3 amide bonds. The summed E-state index contributed by atoms with van der Waals surface area (Å²) in [5.41, 5.74) is 0. The maximum absolute atomic E-state index is 12.9. The fourth-order valence-electron chi connectivity index (χ4n) is 3.03. The van der Waals surface area contributed by atoms with E-state index in [0.29, 0.717) is 30.9 Å². The van der Waals surface area contributed by atoms with E-state index >= 15 is 0 Å². The Balaban J connectivity index is 2.87. The van der Waals surface area contributed by atoms with Crippen molar-refractivity contribution >= 4 is 24.1 Å². The SMILES string of the molecule is C=C(F)/C=C\C(=N\O)NC(=O)[C@@H]1CCCN1C(=O)[C@H](CCCC)CN(O)C=O. The standard InChI is InChI=1S/C18H27FN4O5/c1-3-4-6-14(11-22(28)12-24)18(26)23-10-5-7-15(23)17(25)20-16(21-27)9-8-13(2)19/h8-9,12,14-15,27-28H,2-7,10-11H2,1H3,(H,20,21,25)/b9-8-/t14-,15+/m1/s1. The van der Waals surface area contributed by atoms with Crippen molar-refractivity contribution in [2.75, 3.05) is 13.1 Å². The van der Waals surface area contributed by atoms with E-state index in [4.69, 9.17) is 5.21 Å². The topological polar surface area (TPSA) is 123 Å². The minimum atomic E-state index is -0.793. The van der Waals surface area contributed by atoms with E-state index < -0.39 is 23.7 Å². The molecular weight excluding hydrogens is 371 g/mol. The van der Waals surface area contributed by atoms with Crippen molar-refractivity contribution < 1.29 is 29.2 Å². The molecule has 3 N–H and O–H groups in total. The summed E-state index contributed by atoms with van der Waals surface area (Å²) >= 11 is 0. The molecule has 156 valence electrons. The number of nitrogens with zero attached hydrogens (tertiary/aromatic N) is 3. The number of hydroxylamine groups is 2. The van der Waals surface area contributed by atoms with E-state index in [2.05, 4.69) is 17.1 Å². The average molecular weight is 398 g/mol. The molecule has 1 fully saturated rings. The highest BCUT2D eigenvalue weighted by Gasteiger charge is 2.37. The van der Waals surface area contributed by atoms with Gasteiger partial charge in [0.05, 0.1) is 12.5 Å². The van der Waals surface area contributed by atoms with Gasteiger partial charge in [-0.2, -0.15) is 0 Å². The van der Waals surface area contributed by atoms with Gasteiger partial charge in [0.2, 0.25) is 18.2 Å². The molecule has 0 aromatic carbocycles. The molecule has 0 unspecified atom stereocenters. The summed E-state index contributed by atoms with van der Waals surface area (Å²) in [5.74, 6) is -2.60. The van der Waals surface area contributed by atoms with Crippen LogP contribution < -0.4 is 5.32 Å². The second kappa shape index (κ2) is 11.9. The molecule has 0 saturated carbocycles. The third-order valence-corrected chi connectivity index (χ3v) is 4.40. The third kappa shape index (κ3) is 7.10. The van der Waals surface area contributed by atoms with Crippen molar-refractivity contribution in [3.8, 4) is 0 Å². The molecule has 0 spiro atoms. The van der Waals surface area contributed by atoms with Crippen LogP contribution in [0.2, 0.25) is 0 Å². The lowest BCUT2D eigenvalue weighted by Crippen LogP contribution is -2.50. The van der Waals surface area contributed by atoms with Gasteiger partial charge in [-0.25, -0.2) is 9.45 Å². The molecule has 2 atom stereocenters. The molecule has 1 aliphatic heterocycles. The second-order valence-corrected chi connectivity index (χ2v) is 6.51. The number of carbonyl (C=O) groups excluding carboxylic acids is 3. The minimum absolute atomic E-state index is 0.155. The number of oxime groups is 1. The van der Waals surface area contributed by atoms with E-state index in [9.17, 15) is 24.0 Å². The number of hydrogen-bond acceptors (Lipinski definition) is 6. The van der Waals surface area contributed by atoms with Gasteiger partial charge < -0.3 is 15.4 Å². The number of carbonyl (C=O) groups is 3. The zero-order valence-corrected chi connectivity index (χ0v) is 15.9. The lowest BCUT2D eigenvalue weighted by Gasteiger charge is -2.29.